The summed E-state index contributed by atoms with van der Waals surface area (Å²) in [5.41, 5.74) is 4.08. The number of amides is 1. The lowest BCUT2D eigenvalue weighted by Crippen LogP contribution is -2.35. The third-order valence-corrected chi connectivity index (χ3v) is 4.97. The number of rotatable bonds is 4. The Kier molecular flexibility index (Phi) is 4.82. The molecule has 2 aromatic carbocycles. The van der Waals surface area contributed by atoms with E-state index in [1.165, 1.54) is 12.0 Å². The van der Waals surface area contributed by atoms with E-state index in [4.69, 9.17) is 0 Å². The van der Waals surface area contributed by atoms with Crippen molar-refractivity contribution in [3.63, 3.8) is 0 Å². The predicted molar refractivity (Wildman–Crippen MR) is 103 cm³/mol. The summed E-state index contributed by atoms with van der Waals surface area (Å²) in [6.45, 7) is 2.49. The Balaban J connectivity index is 1.58. The van der Waals surface area contributed by atoms with Crippen molar-refractivity contribution in [3.05, 3.63) is 78.1 Å². The highest BCUT2D eigenvalue weighted by Crippen LogP contribution is 2.26. The average Bonchev–Trinajstić information content (AvgIpc) is 3.22. The fourth-order valence-electron chi connectivity index (χ4n) is 3.56. The monoisotopic (exact) mass is 345 g/mol. The first-order valence-corrected chi connectivity index (χ1v) is 9.26. The Morgan fingerprint density at radius 2 is 1.69 bits per heavy atom. The Labute approximate surface area is 154 Å². The Morgan fingerprint density at radius 1 is 0.923 bits per heavy atom. The maximum Gasteiger partial charge on any atom is 0.254 e. The summed E-state index contributed by atoms with van der Waals surface area (Å²) < 4.78 is 1.91. The van der Waals surface area contributed by atoms with Crippen LogP contribution in [0.1, 0.15) is 35.2 Å². The molecule has 4 rings (SSSR count). The second-order valence-corrected chi connectivity index (χ2v) is 6.80. The zero-order valence-corrected chi connectivity index (χ0v) is 14.8. The van der Waals surface area contributed by atoms with Crippen molar-refractivity contribution in [1.82, 2.24) is 14.7 Å². The second-order valence-electron chi connectivity index (χ2n) is 6.80. The van der Waals surface area contributed by atoms with E-state index < -0.39 is 0 Å². The Morgan fingerprint density at radius 3 is 2.42 bits per heavy atom. The minimum absolute atomic E-state index is 0.154. The Bertz CT molecular complexity index is 863. The van der Waals surface area contributed by atoms with Crippen LogP contribution in [0.4, 0.5) is 0 Å². The molecule has 0 unspecified atom stereocenters. The third kappa shape index (κ3) is 3.54. The number of benzene rings is 2. The highest BCUT2D eigenvalue weighted by molar-refractivity contribution is 6.00. The molecule has 1 saturated heterocycles. The van der Waals surface area contributed by atoms with Crippen molar-refractivity contribution >= 4 is 5.91 Å². The zero-order chi connectivity index (χ0) is 17.8. The van der Waals surface area contributed by atoms with Gasteiger partial charge in [0.2, 0.25) is 0 Å². The molecule has 0 saturated carbocycles. The van der Waals surface area contributed by atoms with Gasteiger partial charge in [-0.3, -0.25) is 9.48 Å². The molecule has 4 nitrogen and oxygen atoms in total. The quantitative estimate of drug-likeness (QED) is 0.710. The van der Waals surface area contributed by atoms with Crippen LogP contribution in [0.25, 0.3) is 11.1 Å². The van der Waals surface area contributed by atoms with Crippen LogP contribution in [-0.4, -0.2) is 33.7 Å². The van der Waals surface area contributed by atoms with Gasteiger partial charge in [-0.15, -0.1) is 0 Å². The number of likely N-dealkylation sites (tertiary alicyclic amines) is 1. The lowest BCUT2D eigenvalue weighted by Gasteiger charge is -2.27. The van der Waals surface area contributed by atoms with Gasteiger partial charge >= 0.3 is 0 Å². The fraction of sp³-hybridized carbons (Fsp3) is 0.273. The standard InChI is InChI=1S/C22H23N3O/c26-22(24-14-4-1-5-15-24)21-8-3-2-7-20(21)19-11-9-18(10-12-19)17-25-16-6-13-23-25/h2-3,6-13,16H,1,4-5,14-15,17H2. The molecular weight excluding hydrogens is 322 g/mol. The number of hydrogen-bond donors (Lipinski definition) is 0. The van der Waals surface area contributed by atoms with Crippen LogP contribution in [0.15, 0.2) is 67.0 Å². The van der Waals surface area contributed by atoms with E-state index in [1.807, 2.05) is 46.1 Å². The van der Waals surface area contributed by atoms with Crippen molar-refractivity contribution < 1.29 is 4.79 Å². The summed E-state index contributed by atoms with van der Waals surface area (Å²) in [4.78, 5) is 15.0. The molecule has 4 heteroatoms. The minimum atomic E-state index is 0.154. The summed E-state index contributed by atoms with van der Waals surface area (Å²) in [6, 6.07) is 18.3. The van der Waals surface area contributed by atoms with Crippen molar-refractivity contribution in [1.29, 1.82) is 0 Å². The van der Waals surface area contributed by atoms with Gasteiger partial charge in [0.1, 0.15) is 0 Å². The largest absolute Gasteiger partial charge is 0.339 e. The molecule has 0 atom stereocenters. The van der Waals surface area contributed by atoms with Gasteiger partial charge in [0.25, 0.3) is 5.91 Å². The first-order chi connectivity index (χ1) is 12.8. The molecule has 0 aliphatic carbocycles. The molecule has 2 heterocycles. The maximum absolute atomic E-state index is 13.0. The molecule has 1 amide bonds. The van der Waals surface area contributed by atoms with E-state index in [0.717, 1.165) is 49.2 Å². The predicted octanol–water partition coefficient (Wildman–Crippen LogP) is 4.22. The third-order valence-electron chi connectivity index (χ3n) is 4.97. The summed E-state index contributed by atoms with van der Waals surface area (Å²) in [5, 5.41) is 4.25. The van der Waals surface area contributed by atoms with Gasteiger partial charge in [0.05, 0.1) is 6.54 Å². The summed E-state index contributed by atoms with van der Waals surface area (Å²) in [5.74, 6) is 0.154. The first-order valence-electron chi connectivity index (χ1n) is 9.26. The van der Waals surface area contributed by atoms with Crippen LogP contribution in [0.3, 0.4) is 0 Å². The van der Waals surface area contributed by atoms with Crippen molar-refractivity contribution in [3.8, 4) is 11.1 Å². The summed E-state index contributed by atoms with van der Waals surface area (Å²) in [7, 11) is 0. The lowest BCUT2D eigenvalue weighted by molar-refractivity contribution is 0.0725. The highest BCUT2D eigenvalue weighted by Gasteiger charge is 2.20. The van der Waals surface area contributed by atoms with E-state index in [1.54, 1.807) is 6.20 Å². The molecule has 0 N–H and O–H groups in total. The van der Waals surface area contributed by atoms with Crippen LogP contribution in [0.2, 0.25) is 0 Å². The van der Waals surface area contributed by atoms with E-state index in [9.17, 15) is 4.79 Å². The zero-order valence-electron chi connectivity index (χ0n) is 14.8. The molecule has 1 fully saturated rings. The molecule has 1 aromatic heterocycles. The molecule has 26 heavy (non-hydrogen) atoms. The summed E-state index contributed by atoms with van der Waals surface area (Å²) in [6.07, 6.45) is 7.19. The molecular formula is C22H23N3O. The van der Waals surface area contributed by atoms with E-state index in [0.29, 0.717) is 0 Å². The number of carbonyl (C=O) groups is 1. The van der Waals surface area contributed by atoms with Crippen LogP contribution < -0.4 is 0 Å². The number of nitrogens with zero attached hydrogens (tertiary/aromatic N) is 3. The van der Waals surface area contributed by atoms with Gasteiger partial charge < -0.3 is 4.90 Å². The van der Waals surface area contributed by atoms with Crippen LogP contribution in [0.5, 0.6) is 0 Å². The van der Waals surface area contributed by atoms with Crippen molar-refractivity contribution in [2.24, 2.45) is 0 Å². The highest BCUT2D eigenvalue weighted by atomic mass is 16.2. The molecule has 1 aliphatic heterocycles. The number of hydrogen-bond acceptors (Lipinski definition) is 2. The van der Waals surface area contributed by atoms with E-state index in [-0.39, 0.29) is 5.91 Å². The molecule has 0 spiro atoms. The normalized spacial score (nSPS) is 14.4. The minimum Gasteiger partial charge on any atom is -0.339 e. The molecule has 132 valence electrons. The Hall–Kier alpha value is -2.88. The smallest absolute Gasteiger partial charge is 0.254 e. The van der Waals surface area contributed by atoms with Gasteiger partial charge in [-0.2, -0.15) is 5.10 Å². The van der Waals surface area contributed by atoms with Gasteiger partial charge in [0, 0.05) is 31.0 Å². The van der Waals surface area contributed by atoms with Gasteiger partial charge in [0.15, 0.2) is 0 Å². The summed E-state index contributed by atoms with van der Waals surface area (Å²) >= 11 is 0. The van der Waals surface area contributed by atoms with E-state index >= 15 is 0 Å². The second kappa shape index (κ2) is 7.56. The molecule has 0 bridgehead atoms. The number of carbonyl (C=O) groups excluding carboxylic acids is 1. The first kappa shape index (κ1) is 16.6. The molecule has 0 radical (unpaired) electrons. The molecule has 3 aromatic rings. The average molecular weight is 345 g/mol. The lowest BCUT2D eigenvalue weighted by atomic mass is 9.97. The number of piperidine rings is 1. The van der Waals surface area contributed by atoms with Crippen LogP contribution in [-0.2, 0) is 6.54 Å². The van der Waals surface area contributed by atoms with Crippen molar-refractivity contribution in [2.45, 2.75) is 25.8 Å². The van der Waals surface area contributed by atoms with Gasteiger partial charge in [-0.1, -0.05) is 42.5 Å². The molecule has 1 aliphatic rings. The topological polar surface area (TPSA) is 38.1 Å². The van der Waals surface area contributed by atoms with Crippen LogP contribution in [0, 0.1) is 0 Å². The maximum atomic E-state index is 13.0. The van der Waals surface area contributed by atoms with Gasteiger partial charge in [-0.25, -0.2) is 0 Å². The van der Waals surface area contributed by atoms with E-state index in [2.05, 4.69) is 29.4 Å². The van der Waals surface area contributed by atoms with Crippen LogP contribution >= 0.6 is 0 Å². The number of aromatic nitrogens is 2. The fourth-order valence-corrected chi connectivity index (χ4v) is 3.56. The van der Waals surface area contributed by atoms with Crippen molar-refractivity contribution in [2.75, 3.05) is 13.1 Å². The SMILES string of the molecule is O=C(c1ccccc1-c1ccc(Cn2cccn2)cc1)N1CCCCC1. The van der Waals surface area contributed by atoms with Gasteiger partial charge in [-0.05, 0) is 48.1 Å².